The molecular formula is C18H18F5N5O2. The highest BCUT2D eigenvalue weighted by Crippen LogP contribution is 2.33. The van der Waals surface area contributed by atoms with Crippen LogP contribution >= 0.6 is 0 Å². The van der Waals surface area contributed by atoms with Crippen molar-refractivity contribution in [2.24, 2.45) is 0 Å². The van der Waals surface area contributed by atoms with Crippen LogP contribution in [0.4, 0.5) is 22.0 Å². The van der Waals surface area contributed by atoms with Crippen LogP contribution in [0.5, 0.6) is 0 Å². The second kappa shape index (κ2) is 7.89. The van der Waals surface area contributed by atoms with Gasteiger partial charge in [-0.1, -0.05) is 12.8 Å². The SMILES string of the molecule is O=C1c2cc(-c3nnc(C(F)F)o3)cnc2CN1[C@@H]1CCCC[C@H]1NCC(F)(F)F. The number of halogens is 5. The van der Waals surface area contributed by atoms with E-state index in [1.165, 1.54) is 17.2 Å². The zero-order chi connectivity index (χ0) is 21.5. The molecule has 1 saturated carbocycles. The number of carbonyl (C=O) groups is 1. The van der Waals surface area contributed by atoms with Crippen molar-refractivity contribution in [1.82, 2.24) is 25.4 Å². The van der Waals surface area contributed by atoms with Crippen molar-refractivity contribution < 1.29 is 31.2 Å². The number of carbonyl (C=O) groups excluding carboxylic acids is 1. The van der Waals surface area contributed by atoms with Crippen molar-refractivity contribution in [2.45, 2.75) is 56.9 Å². The number of pyridine rings is 1. The molecule has 0 saturated heterocycles. The third-order valence-corrected chi connectivity index (χ3v) is 5.35. The fraction of sp³-hybridized carbons (Fsp3) is 0.556. The Labute approximate surface area is 167 Å². The molecule has 2 aliphatic rings. The van der Waals surface area contributed by atoms with Gasteiger partial charge in [-0.25, -0.2) is 0 Å². The molecule has 0 radical (unpaired) electrons. The second-order valence-corrected chi connectivity index (χ2v) is 7.35. The van der Waals surface area contributed by atoms with E-state index in [0.717, 1.165) is 12.8 Å². The molecule has 7 nitrogen and oxygen atoms in total. The molecule has 1 aliphatic carbocycles. The Kier molecular flexibility index (Phi) is 5.43. The van der Waals surface area contributed by atoms with E-state index in [-0.39, 0.29) is 35.5 Å². The lowest BCUT2D eigenvalue weighted by molar-refractivity contribution is -0.127. The number of hydrogen-bond acceptors (Lipinski definition) is 6. The maximum absolute atomic E-state index is 13.0. The maximum atomic E-state index is 13.0. The van der Waals surface area contributed by atoms with Crippen molar-refractivity contribution in [2.75, 3.05) is 6.54 Å². The quantitative estimate of drug-likeness (QED) is 0.730. The third-order valence-electron chi connectivity index (χ3n) is 5.35. The molecule has 2 atom stereocenters. The zero-order valence-electron chi connectivity index (χ0n) is 15.6. The van der Waals surface area contributed by atoms with Crippen LogP contribution in [0.2, 0.25) is 0 Å². The number of aromatic nitrogens is 3. The normalized spacial score (nSPS) is 22.1. The molecule has 12 heteroatoms. The summed E-state index contributed by atoms with van der Waals surface area (Å²) in [5, 5.41) is 9.34. The predicted molar refractivity (Wildman–Crippen MR) is 92.5 cm³/mol. The molecular weight excluding hydrogens is 413 g/mol. The smallest absolute Gasteiger partial charge is 0.401 e. The van der Waals surface area contributed by atoms with Crippen LogP contribution in [0.25, 0.3) is 11.5 Å². The summed E-state index contributed by atoms with van der Waals surface area (Å²) in [4.78, 5) is 18.7. The van der Waals surface area contributed by atoms with Gasteiger partial charge in [0.05, 0.1) is 29.9 Å². The molecule has 30 heavy (non-hydrogen) atoms. The molecule has 1 fully saturated rings. The van der Waals surface area contributed by atoms with Gasteiger partial charge in [-0.15, -0.1) is 10.2 Å². The fourth-order valence-corrected chi connectivity index (χ4v) is 3.99. The molecule has 2 aromatic rings. The number of nitrogens with one attached hydrogen (secondary N) is 1. The topological polar surface area (TPSA) is 84.1 Å². The van der Waals surface area contributed by atoms with E-state index in [2.05, 4.69) is 20.5 Å². The van der Waals surface area contributed by atoms with Gasteiger partial charge in [0.2, 0.25) is 5.89 Å². The highest BCUT2D eigenvalue weighted by Gasteiger charge is 2.40. The average molecular weight is 431 g/mol. The van der Waals surface area contributed by atoms with E-state index in [1.807, 2.05) is 0 Å². The molecule has 1 N–H and O–H groups in total. The van der Waals surface area contributed by atoms with E-state index in [0.29, 0.717) is 18.5 Å². The second-order valence-electron chi connectivity index (χ2n) is 7.35. The summed E-state index contributed by atoms with van der Waals surface area (Å²) >= 11 is 0. The van der Waals surface area contributed by atoms with Gasteiger partial charge in [0.1, 0.15) is 0 Å². The first kappa shape index (κ1) is 20.6. The number of alkyl halides is 5. The summed E-state index contributed by atoms with van der Waals surface area (Å²) in [5.74, 6) is -1.38. The molecule has 4 rings (SSSR count). The van der Waals surface area contributed by atoms with Crippen LogP contribution in [-0.2, 0) is 6.54 Å². The van der Waals surface area contributed by atoms with Gasteiger partial charge in [0, 0.05) is 18.3 Å². The number of nitrogens with zero attached hydrogens (tertiary/aromatic N) is 4. The lowest BCUT2D eigenvalue weighted by Crippen LogP contribution is -2.53. The van der Waals surface area contributed by atoms with Gasteiger partial charge in [0.25, 0.3) is 11.8 Å². The number of rotatable bonds is 5. The van der Waals surface area contributed by atoms with Gasteiger partial charge < -0.3 is 14.6 Å². The molecule has 0 spiro atoms. The Morgan fingerprint density at radius 1 is 1.23 bits per heavy atom. The van der Waals surface area contributed by atoms with Crippen molar-refractivity contribution >= 4 is 5.91 Å². The van der Waals surface area contributed by atoms with Crippen LogP contribution in [-0.4, -0.2) is 50.8 Å². The Hall–Kier alpha value is -2.63. The van der Waals surface area contributed by atoms with Crippen LogP contribution in [0.1, 0.15) is 54.1 Å². The van der Waals surface area contributed by atoms with Gasteiger partial charge >= 0.3 is 12.6 Å². The number of amides is 1. The van der Waals surface area contributed by atoms with Crippen molar-refractivity contribution in [3.8, 4) is 11.5 Å². The summed E-state index contributed by atoms with van der Waals surface area (Å²) in [6, 6.07) is 0.580. The largest absolute Gasteiger partial charge is 0.415 e. The Morgan fingerprint density at radius 2 is 2.00 bits per heavy atom. The number of hydrogen-bond donors (Lipinski definition) is 1. The summed E-state index contributed by atoms with van der Waals surface area (Å²) in [7, 11) is 0. The molecule has 3 heterocycles. The Morgan fingerprint density at radius 3 is 2.70 bits per heavy atom. The molecule has 2 aromatic heterocycles. The first-order chi connectivity index (χ1) is 14.2. The van der Waals surface area contributed by atoms with Gasteiger partial charge in [-0.3, -0.25) is 9.78 Å². The first-order valence-electron chi connectivity index (χ1n) is 9.45. The van der Waals surface area contributed by atoms with E-state index in [9.17, 15) is 26.7 Å². The van der Waals surface area contributed by atoms with E-state index in [4.69, 9.17) is 4.42 Å². The molecule has 0 unspecified atom stereocenters. The van der Waals surface area contributed by atoms with Crippen molar-refractivity contribution in [1.29, 1.82) is 0 Å². The van der Waals surface area contributed by atoms with Gasteiger partial charge in [-0.05, 0) is 18.9 Å². The number of fused-ring (bicyclic) bond motifs is 1. The highest BCUT2D eigenvalue weighted by atomic mass is 19.4. The highest BCUT2D eigenvalue weighted by molar-refractivity contribution is 5.99. The Bertz CT molecular complexity index is 932. The van der Waals surface area contributed by atoms with E-state index in [1.54, 1.807) is 0 Å². The van der Waals surface area contributed by atoms with Crippen LogP contribution in [0, 0.1) is 0 Å². The molecule has 162 valence electrons. The standard InChI is InChI=1S/C18H18F5N5O2/c19-14(20)16-27-26-15(30-16)9-5-10-12(24-6-9)7-28(17(10)29)13-4-2-1-3-11(13)25-8-18(21,22)23/h5-6,11,13-14,25H,1-4,7-8H2/t11-,13-/m1/s1. The zero-order valence-corrected chi connectivity index (χ0v) is 15.6. The summed E-state index contributed by atoms with van der Waals surface area (Å²) in [6.07, 6.45) is -3.19. The summed E-state index contributed by atoms with van der Waals surface area (Å²) in [5.41, 5.74) is 0.945. The summed E-state index contributed by atoms with van der Waals surface area (Å²) < 4.78 is 68.1. The van der Waals surface area contributed by atoms with E-state index >= 15 is 0 Å². The minimum Gasteiger partial charge on any atom is -0.415 e. The lowest BCUT2D eigenvalue weighted by Gasteiger charge is -2.38. The minimum absolute atomic E-state index is 0.176. The lowest BCUT2D eigenvalue weighted by atomic mass is 9.89. The Balaban J connectivity index is 1.54. The minimum atomic E-state index is -4.34. The molecule has 1 amide bonds. The first-order valence-corrected chi connectivity index (χ1v) is 9.45. The van der Waals surface area contributed by atoms with Crippen molar-refractivity contribution in [3.63, 3.8) is 0 Å². The van der Waals surface area contributed by atoms with Crippen molar-refractivity contribution in [3.05, 3.63) is 29.4 Å². The van der Waals surface area contributed by atoms with Crippen LogP contribution < -0.4 is 5.32 Å². The van der Waals surface area contributed by atoms with Gasteiger partial charge in [-0.2, -0.15) is 22.0 Å². The van der Waals surface area contributed by atoms with E-state index < -0.39 is 31.1 Å². The van der Waals surface area contributed by atoms with Crippen LogP contribution in [0.3, 0.4) is 0 Å². The maximum Gasteiger partial charge on any atom is 0.401 e. The third kappa shape index (κ3) is 4.13. The van der Waals surface area contributed by atoms with Gasteiger partial charge in [0.15, 0.2) is 0 Å². The average Bonchev–Trinajstić information content (AvgIpc) is 3.31. The predicted octanol–water partition coefficient (Wildman–Crippen LogP) is 3.49. The summed E-state index contributed by atoms with van der Waals surface area (Å²) in [6.45, 7) is -0.940. The van der Waals surface area contributed by atoms with Crippen LogP contribution in [0.15, 0.2) is 16.7 Å². The fourth-order valence-electron chi connectivity index (χ4n) is 3.99. The molecule has 0 bridgehead atoms. The molecule has 1 aliphatic heterocycles. The molecule has 0 aromatic carbocycles. The monoisotopic (exact) mass is 431 g/mol.